The molecule has 2 nitrogen and oxygen atoms in total. The van der Waals surface area contributed by atoms with Gasteiger partial charge in [0.25, 0.3) is 0 Å². The van der Waals surface area contributed by atoms with Crippen LogP contribution in [0.3, 0.4) is 0 Å². The summed E-state index contributed by atoms with van der Waals surface area (Å²) in [6.07, 6.45) is -0.167. The van der Waals surface area contributed by atoms with Gasteiger partial charge in [-0.25, -0.2) is 0 Å². The molecule has 0 saturated carbocycles. The lowest BCUT2D eigenvalue weighted by molar-refractivity contribution is 0.216. The fourth-order valence-corrected chi connectivity index (χ4v) is 0. The fourth-order valence-electron chi connectivity index (χ4n) is 0. The van der Waals surface area contributed by atoms with Crippen molar-refractivity contribution in [2.75, 3.05) is 6.61 Å². The first kappa shape index (κ1) is 12.2. The lowest BCUT2D eigenvalue weighted by Gasteiger charge is -1.84. The lowest BCUT2D eigenvalue weighted by Crippen LogP contribution is -1.90. The van der Waals surface area contributed by atoms with Crippen molar-refractivity contribution in [2.45, 2.75) is 24.8 Å². The van der Waals surface area contributed by atoms with Gasteiger partial charge in [0.05, 0.1) is 6.61 Å². The summed E-state index contributed by atoms with van der Waals surface area (Å²) in [5.74, 6) is 0. The molecule has 0 aromatic heterocycles. The molecule has 0 aromatic rings. The Kier molecular flexibility index (Phi) is 11.5. The zero-order chi connectivity index (χ0) is 7.86. The van der Waals surface area contributed by atoms with Crippen LogP contribution in [-0.4, -0.2) is 27.8 Å². The fraction of sp³-hybridized carbons (Fsp3) is 1.00. The van der Waals surface area contributed by atoms with Crippen molar-refractivity contribution < 1.29 is 10.2 Å². The molecule has 9 heavy (non-hydrogen) atoms. The Bertz CT molecular complexity index is 45.5. The number of hydrogen-bond acceptors (Lipinski definition) is 2. The number of rotatable bonds is 1. The van der Waals surface area contributed by atoms with Crippen LogP contribution in [0.25, 0.3) is 0 Å². The van der Waals surface area contributed by atoms with Crippen LogP contribution in [0, 0.1) is 0 Å². The minimum Gasteiger partial charge on any atom is -0.394 e. The van der Waals surface area contributed by atoms with E-state index in [9.17, 15) is 0 Å². The topological polar surface area (TPSA) is 40.5 Å². The van der Waals surface area contributed by atoms with Gasteiger partial charge in [-0.2, -0.15) is 0 Å². The zero-order valence-electron chi connectivity index (χ0n) is 5.51. The third-order valence-electron chi connectivity index (χ3n) is 0.138. The molecular formula is C5H12Cl2O2. The van der Waals surface area contributed by atoms with E-state index in [0.717, 1.165) is 0 Å². The molecule has 2 N–H and O–H groups in total. The maximum Gasteiger partial charge on any atom is 0.130 e. The minimum absolute atomic E-state index is 0.164. The van der Waals surface area contributed by atoms with Gasteiger partial charge in [-0.15, -0.1) is 23.2 Å². The summed E-state index contributed by atoms with van der Waals surface area (Å²) in [4.78, 5) is -0.616. The van der Waals surface area contributed by atoms with Crippen molar-refractivity contribution in [1.29, 1.82) is 0 Å². The summed E-state index contributed by atoms with van der Waals surface area (Å²) < 4.78 is 0. The van der Waals surface area contributed by atoms with Crippen molar-refractivity contribution in [3.63, 3.8) is 0 Å². The van der Waals surface area contributed by atoms with E-state index in [-0.39, 0.29) is 12.7 Å². The Hall–Kier alpha value is 0.500. The number of hydrogen-bond donors (Lipinski definition) is 2. The smallest absolute Gasteiger partial charge is 0.130 e. The van der Waals surface area contributed by atoms with Gasteiger partial charge in [0.1, 0.15) is 4.84 Å². The van der Waals surface area contributed by atoms with Crippen LogP contribution in [0.15, 0.2) is 0 Å². The maximum atomic E-state index is 8.06. The Morgan fingerprint density at radius 1 is 1.33 bits per heavy atom. The minimum atomic E-state index is -0.616. The van der Waals surface area contributed by atoms with E-state index in [0.29, 0.717) is 0 Å². The van der Waals surface area contributed by atoms with E-state index in [4.69, 9.17) is 33.4 Å². The number of aliphatic hydroxyl groups excluding tert-OH is 2. The first-order valence-corrected chi connectivity index (χ1v) is 3.45. The molecule has 58 valence electrons. The third-order valence-corrected chi connectivity index (χ3v) is 0.414. The molecule has 0 unspecified atom stereocenters. The average molecular weight is 175 g/mol. The summed E-state index contributed by atoms with van der Waals surface area (Å²) in [6.45, 7) is 3.28. The quantitative estimate of drug-likeness (QED) is 0.587. The Labute approximate surface area is 65.4 Å². The zero-order valence-corrected chi connectivity index (χ0v) is 7.02. The molecule has 0 rings (SSSR count). The highest BCUT2D eigenvalue weighted by molar-refractivity contribution is 6.44. The van der Waals surface area contributed by atoms with Crippen molar-refractivity contribution in [1.82, 2.24) is 0 Å². The predicted octanol–water partition coefficient (Wildman–Crippen LogP) is 1.17. The molecule has 0 aromatic carbocycles. The molecule has 0 aliphatic rings. The molecule has 0 aliphatic carbocycles. The highest BCUT2D eigenvalue weighted by atomic mass is 35.5. The van der Waals surface area contributed by atoms with E-state index in [1.165, 1.54) is 0 Å². The molecule has 0 heterocycles. The normalized spacial score (nSPS) is 9.33. The largest absolute Gasteiger partial charge is 0.394 e. The number of halogens is 2. The Balaban J connectivity index is 0. The second-order valence-electron chi connectivity index (χ2n) is 1.67. The van der Waals surface area contributed by atoms with Crippen LogP contribution in [0.2, 0.25) is 0 Å². The van der Waals surface area contributed by atoms with Crippen molar-refractivity contribution >= 4 is 23.2 Å². The van der Waals surface area contributed by atoms with Crippen LogP contribution in [0.5, 0.6) is 0 Å². The van der Waals surface area contributed by atoms with Gasteiger partial charge in [-0.1, -0.05) is 0 Å². The van der Waals surface area contributed by atoms with Gasteiger partial charge >= 0.3 is 0 Å². The van der Waals surface area contributed by atoms with E-state index in [1.807, 2.05) is 0 Å². The summed E-state index contributed by atoms with van der Waals surface area (Å²) >= 11 is 9.96. The second-order valence-corrected chi connectivity index (χ2v) is 2.94. The summed E-state index contributed by atoms with van der Waals surface area (Å²) in [5, 5.41) is 15.9. The molecule has 0 bridgehead atoms. The van der Waals surface area contributed by atoms with E-state index in [2.05, 4.69) is 0 Å². The molecule has 0 atom stereocenters. The SMILES string of the molecule is CC(C)O.OCC(Cl)Cl. The average Bonchev–Trinajstić information content (AvgIpc) is 1.65. The maximum absolute atomic E-state index is 8.06. The monoisotopic (exact) mass is 174 g/mol. The van der Waals surface area contributed by atoms with Crippen LogP contribution < -0.4 is 0 Å². The van der Waals surface area contributed by atoms with Crippen LogP contribution in [0.1, 0.15) is 13.8 Å². The molecule has 0 saturated heterocycles. The molecule has 0 fully saturated rings. The lowest BCUT2D eigenvalue weighted by atomic mass is 10.5. The standard InChI is InChI=1S/C3H8O.C2H4Cl2O/c1-3(2)4;3-2(4)1-5/h3-4H,1-2H3;2,5H,1H2. The van der Waals surface area contributed by atoms with Crippen LogP contribution in [0.4, 0.5) is 0 Å². The van der Waals surface area contributed by atoms with Crippen LogP contribution >= 0.6 is 23.2 Å². The molecule has 4 heteroatoms. The van der Waals surface area contributed by atoms with Gasteiger partial charge in [0.2, 0.25) is 0 Å². The molecule has 0 spiro atoms. The highest BCUT2D eigenvalue weighted by Gasteiger charge is 1.88. The first-order valence-electron chi connectivity index (χ1n) is 2.57. The molecule has 0 radical (unpaired) electrons. The van der Waals surface area contributed by atoms with Crippen molar-refractivity contribution in [2.24, 2.45) is 0 Å². The predicted molar refractivity (Wildman–Crippen MR) is 39.9 cm³/mol. The van der Waals surface area contributed by atoms with Gasteiger partial charge in [-0.05, 0) is 13.8 Å². The summed E-state index contributed by atoms with van der Waals surface area (Å²) in [7, 11) is 0. The third kappa shape index (κ3) is 57.5. The first-order chi connectivity index (χ1) is 4.00. The van der Waals surface area contributed by atoms with Crippen molar-refractivity contribution in [3.05, 3.63) is 0 Å². The van der Waals surface area contributed by atoms with E-state index in [1.54, 1.807) is 13.8 Å². The molecule has 0 amide bonds. The van der Waals surface area contributed by atoms with E-state index < -0.39 is 4.84 Å². The summed E-state index contributed by atoms with van der Waals surface area (Å²) in [5.41, 5.74) is 0. The van der Waals surface area contributed by atoms with Crippen molar-refractivity contribution in [3.8, 4) is 0 Å². The molecule has 0 aliphatic heterocycles. The number of aliphatic hydroxyl groups is 2. The van der Waals surface area contributed by atoms with Gasteiger partial charge in [0.15, 0.2) is 0 Å². The van der Waals surface area contributed by atoms with Crippen LogP contribution in [-0.2, 0) is 0 Å². The number of alkyl halides is 2. The Morgan fingerprint density at radius 3 is 1.44 bits per heavy atom. The van der Waals surface area contributed by atoms with Gasteiger partial charge in [-0.3, -0.25) is 0 Å². The van der Waals surface area contributed by atoms with E-state index >= 15 is 0 Å². The van der Waals surface area contributed by atoms with Gasteiger partial charge < -0.3 is 10.2 Å². The van der Waals surface area contributed by atoms with Gasteiger partial charge in [0, 0.05) is 6.10 Å². The molecular weight excluding hydrogens is 163 g/mol. The second kappa shape index (κ2) is 8.50. The Morgan fingerprint density at radius 2 is 1.44 bits per heavy atom. The highest BCUT2D eigenvalue weighted by Crippen LogP contribution is 1.96. The summed E-state index contributed by atoms with van der Waals surface area (Å²) in [6, 6.07) is 0.